The Hall–Kier alpha value is -2.36. The van der Waals surface area contributed by atoms with Crippen molar-refractivity contribution < 1.29 is 9.59 Å². The van der Waals surface area contributed by atoms with Crippen molar-refractivity contribution in [2.24, 2.45) is 0 Å². The molecule has 0 bridgehead atoms. The molecule has 2 rings (SSSR count). The summed E-state index contributed by atoms with van der Waals surface area (Å²) < 4.78 is 1.77. The first-order chi connectivity index (χ1) is 9.72. The van der Waals surface area contributed by atoms with Crippen LogP contribution in [0, 0.1) is 0 Å². The molecule has 1 heterocycles. The molecule has 0 aliphatic rings. The third-order valence-corrected chi connectivity index (χ3v) is 3.21. The lowest BCUT2D eigenvalue weighted by Crippen LogP contribution is -2.15. The first-order valence-corrected chi connectivity index (χ1v) is 6.72. The first kappa shape index (κ1) is 14.1. The molecule has 2 aromatic rings. The maximum Gasteiger partial charge on any atom is 0.226 e. The fraction of sp³-hybridized carbons (Fsp3) is 0.250. The van der Waals surface area contributed by atoms with Gasteiger partial charge in [-0.3, -0.25) is 9.59 Å². The second-order valence-corrected chi connectivity index (χ2v) is 4.59. The summed E-state index contributed by atoms with van der Waals surface area (Å²) >= 11 is 0. The van der Waals surface area contributed by atoms with Gasteiger partial charge in [-0.05, 0) is 36.2 Å². The number of nitrogens with one attached hydrogen (secondary N) is 1. The number of rotatable bonds is 6. The monoisotopic (exact) mass is 270 g/mol. The smallest absolute Gasteiger partial charge is 0.226 e. The van der Waals surface area contributed by atoms with Gasteiger partial charge in [0.2, 0.25) is 5.91 Å². The number of carbonyl (C=O) groups excluding carboxylic acids is 2. The summed E-state index contributed by atoms with van der Waals surface area (Å²) in [7, 11) is 0. The third kappa shape index (κ3) is 3.57. The molecule has 0 fully saturated rings. The number of aryl methyl sites for hydroxylation is 2. The predicted octanol–water partition coefficient (Wildman–Crippen LogP) is 2.89. The summed E-state index contributed by atoms with van der Waals surface area (Å²) in [6, 6.07) is 11.4. The van der Waals surface area contributed by atoms with Crippen molar-refractivity contribution in [2.45, 2.75) is 26.3 Å². The molecule has 104 valence electrons. The third-order valence-electron chi connectivity index (χ3n) is 3.21. The fourth-order valence-electron chi connectivity index (χ4n) is 2.01. The zero-order chi connectivity index (χ0) is 14.4. The number of aromatic nitrogens is 1. The van der Waals surface area contributed by atoms with E-state index in [1.807, 2.05) is 24.3 Å². The molecule has 1 N–H and O–H groups in total. The van der Waals surface area contributed by atoms with Gasteiger partial charge in [-0.15, -0.1) is 0 Å². The minimum atomic E-state index is -0.0557. The van der Waals surface area contributed by atoms with E-state index in [4.69, 9.17) is 0 Å². The number of anilines is 1. The normalized spacial score (nSPS) is 10.2. The van der Waals surface area contributed by atoms with Crippen LogP contribution in [-0.4, -0.2) is 16.8 Å². The van der Waals surface area contributed by atoms with E-state index in [2.05, 4.69) is 12.2 Å². The quantitative estimate of drug-likeness (QED) is 0.820. The maximum absolute atomic E-state index is 11.8. The van der Waals surface area contributed by atoms with Crippen LogP contribution >= 0.6 is 0 Å². The van der Waals surface area contributed by atoms with Gasteiger partial charge in [-0.25, -0.2) is 0 Å². The number of hydrogen-bond acceptors (Lipinski definition) is 2. The molecule has 0 saturated heterocycles. The average Bonchev–Trinajstić information content (AvgIpc) is 2.93. The van der Waals surface area contributed by atoms with Gasteiger partial charge in [0, 0.05) is 24.8 Å². The molecular formula is C16H18N2O2. The molecule has 20 heavy (non-hydrogen) atoms. The van der Waals surface area contributed by atoms with Crippen molar-refractivity contribution in [3.8, 4) is 0 Å². The predicted molar refractivity (Wildman–Crippen MR) is 78.9 cm³/mol. The molecule has 0 atom stereocenters. The average molecular weight is 270 g/mol. The summed E-state index contributed by atoms with van der Waals surface area (Å²) in [6.45, 7) is 2.59. The van der Waals surface area contributed by atoms with Crippen molar-refractivity contribution in [1.82, 2.24) is 4.57 Å². The number of aldehydes is 1. The number of nitrogens with zero attached hydrogens (tertiary/aromatic N) is 1. The molecule has 1 aromatic heterocycles. The van der Waals surface area contributed by atoms with Crippen LogP contribution in [0.3, 0.4) is 0 Å². The SMILES string of the molecule is CCc1ccc(NC(=O)CCn2cccc2C=O)cc1. The highest BCUT2D eigenvalue weighted by atomic mass is 16.1. The Morgan fingerprint density at radius 3 is 2.65 bits per heavy atom. The largest absolute Gasteiger partial charge is 0.345 e. The zero-order valence-corrected chi connectivity index (χ0v) is 11.5. The van der Waals surface area contributed by atoms with E-state index in [-0.39, 0.29) is 5.91 Å². The molecular weight excluding hydrogens is 252 g/mol. The molecule has 4 nitrogen and oxygen atoms in total. The highest BCUT2D eigenvalue weighted by Gasteiger charge is 2.05. The van der Waals surface area contributed by atoms with E-state index in [1.54, 1.807) is 22.9 Å². The van der Waals surface area contributed by atoms with E-state index in [9.17, 15) is 9.59 Å². The summed E-state index contributed by atoms with van der Waals surface area (Å²) in [5, 5.41) is 2.85. The highest BCUT2D eigenvalue weighted by molar-refractivity contribution is 5.90. The standard InChI is InChI=1S/C16H18N2O2/c1-2-13-5-7-14(8-6-13)17-16(20)9-11-18-10-3-4-15(18)12-19/h3-8,10,12H,2,9,11H2,1H3,(H,17,20). The summed E-state index contributed by atoms with van der Waals surface area (Å²) in [5.41, 5.74) is 2.63. The van der Waals surface area contributed by atoms with Crippen LogP contribution in [0.15, 0.2) is 42.6 Å². The topological polar surface area (TPSA) is 51.1 Å². The van der Waals surface area contributed by atoms with Crippen molar-refractivity contribution in [3.05, 3.63) is 53.9 Å². The van der Waals surface area contributed by atoms with E-state index >= 15 is 0 Å². The Morgan fingerprint density at radius 1 is 1.25 bits per heavy atom. The lowest BCUT2D eigenvalue weighted by Gasteiger charge is -2.07. The molecule has 4 heteroatoms. The molecule has 0 aliphatic carbocycles. The van der Waals surface area contributed by atoms with Gasteiger partial charge < -0.3 is 9.88 Å². The van der Waals surface area contributed by atoms with E-state index in [0.29, 0.717) is 18.7 Å². The van der Waals surface area contributed by atoms with Gasteiger partial charge >= 0.3 is 0 Å². The molecule has 0 aliphatic heterocycles. The number of benzene rings is 1. The summed E-state index contributed by atoms with van der Waals surface area (Å²) in [5.74, 6) is -0.0557. The second kappa shape index (κ2) is 6.70. The Bertz CT molecular complexity index is 585. The molecule has 0 spiro atoms. The van der Waals surface area contributed by atoms with Gasteiger partial charge in [0.05, 0.1) is 5.69 Å². The minimum absolute atomic E-state index is 0.0557. The van der Waals surface area contributed by atoms with Crippen LogP contribution < -0.4 is 5.32 Å². The van der Waals surface area contributed by atoms with Crippen molar-refractivity contribution >= 4 is 17.9 Å². The second-order valence-electron chi connectivity index (χ2n) is 4.59. The molecule has 0 unspecified atom stereocenters. The first-order valence-electron chi connectivity index (χ1n) is 6.72. The van der Waals surface area contributed by atoms with E-state index in [1.165, 1.54) is 5.56 Å². The van der Waals surface area contributed by atoms with Crippen molar-refractivity contribution in [1.29, 1.82) is 0 Å². The van der Waals surface area contributed by atoms with Crippen LogP contribution in [0.2, 0.25) is 0 Å². The number of amides is 1. The number of hydrogen-bond donors (Lipinski definition) is 1. The number of carbonyl (C=O) groups is 2. The lowest BCUT2D eigenvalue weighted by atomic mass is 10.1. The Balaban J connectivity index is 1.87. The highest BCUT2D eigenvalue weighted by Crippen LogP contribution is 2.10. The van der Waals surface area contributed by atoms with E-state index in [0.717, 1.165) is 18.4 Å². The van der Waals surface area contributed by atoms with Crippen LogP contribution in [0.4, 0.5) is 5.69 Å². The molecule has 0 saturated carbocycles. The van der Waals surface area contributed by atoms with Crippen molar-refractivity contribution in [2.75, 3.05) is 5.32 Å². The van der Waals surface area contributed by atoms with Gasteiger partial charge in [-0.2, -0.15) is 0 Å². The van der Waals surface area contributed by atoms with Gasteiger partial charge in [0.25, 0.3) is 0 Å². The van der Waals surface area contributed by atoms with Gasteiger partial charge in [-0.1, -0.05) is 19.1 Å². The molecule has 1 aromatic carbocycles. The van der Waals surface area contributed by atoms with Gasteiger partial charge in [0.15, 0.2) is 6.29 Å². The summed E-state index contributed by atoms with van der Waals surface area (Å²) in [4.78, 5) is 22.6. The van der Waals surface area contributed by atoms with Crippen LogP contribution in [0.25, 0.3) is 0 Å². The van der Waals surface area contributed by atoms with Crippen LogP contribution in [0.5, 0.6) is 0 Å². The molecule has 1 amide bonds. The molecule has 0 radical (unpaired) electrons. The lowest BCUT2D eigenvalue weighted by molar-refractivity contribution is -0.116. The maximum atomic E-state index is 11.8. The van der Waals surface area contributed by atoms with Crippen LogP contribution in [-0.2, 0) is 17.8 Å². The van der Waals surface area contributed by atoms with Crippen molar-refractivity contribution in [3.63, 3.8) is 0 Å². The zero-order valence-electron chi connectivity index (χ0n) is 11.5. The minimum Gasteiger partial charge on any atom is -0.345 e. The van der Waals surface area contributed by atoms with E-state index < -0.39 is 0 Å². The fourth-order valence-corrected chi connectivity index (χ4v) is 2.01. The van der Waals surface area contributed by atoms with Gasteiger partial charge in [0.1, 0.15) is 0 Å². The van der Waals surface area contributed by atoms with Crippen LogP contribution in [0.1, 0.15) is 29.4 Å². The summed E-state index contributed by atoms with van der Waals surface area (Å²) in [6.07, 6.45) is 3.91. The Kier molecular flexibility index (Phi) is 4.71. The Morgan fingerprint density at radius 2 is 2.00 bits per heavy atom. The Labute approximate surface area is 118 Å².